The van der Waals surface area contributed by atoms with Crippen LogP contribution in [0.25, 0.3) is 0 Å². The maximum atomic E-state index is 12.2. The number of anilines is 2. The van der Waals surface area contributed by atoms with Gasteiger partial charge in [0.2, 0.25) is 5.91 Å². The van der Waals surface area contributed by atoms with E-state index in [-0.39, 0.29) is 11.9 Å². The number of nitrogens with one attached hydrogen (secondary N) is 1. The zero-order chi connectivity index (χ0) is 14.5. The van der Waals surface area contributed by atoms with Crippen LogP contribution in [0, 0.1) is 0 Å². The van der Waals surface area contributed by atoms with Crippen LogP contribution in [-0.4, -0.2) is 25.0 Å². The minimum atomic E-state index is -0.146. The van der Waals surface area contributed by atoms with E-state index in [4.69, 9.17) is 5.73 Å². The second-order valence-corrected chi connectivity index (χ2v) is 5.46. The van der Waals surface area contributed by atoms with Crippen molar-refractivity contribution in [3.8, 4) is 0 Å². The molecule has 0 saturated carbocycles. The zero-order valence-corrected chi connectivity index (χ0v) is 12.5. The van der Waals surface area contributed by atoms with Crippen LogP contribution in [0.1, 0.15) is 38.7 Å². The van der Waals surface area contributed by atoms with Crippen LogP contribution in [0.15, 0.2) is 18.2 Å². The number of nitrogen functional groups attached to an aromatic ring is 1. The Balaban J connectivity index is 2.10. The molecule has 1 aliphatic heterocycles. The summed E-state index contributed by atoms with van der Waals surface area (Å²) in [5, 5.41) is 3.01. The minimum Gasteiger partial charge on any atom is -0.398 e. The predicted octanol–water partition coefficient (Wildman–Crippen LogP) is 2.33. The van der Waals surface area contributed by atoms with E-state index in [9.17, 15) is 4.79 Å². The molecule has 3 N–H and O–H groups in total. The van der Waals surface area contributed by atoms with Crippen molar-refractivity contribution in [1.82, 2.24) is 5.32 Å². The van der Waals surface area contributed by atoms with Gasteiger partial charge >= 0.3 is 0 Å². The number of nitrogens with two attached hydrogens (primary N) is 1. The fraction of sp³-hybridized carbons (Fsp3) is 0.562. The van der Waals surface area contributed by atoms with Gasteiger partial charge in [-0.1, -0.05) is 19.4 Å². The smallest absolute Gasteiger partial charge is 0.242 e. The maximum Gasteiger partial charge on any atom is 0.242 e. The molecule has 1 aliphatic rings. The summed E-state index contributed by atoms with van der Waals surface area (Å²) >= 11 is 0. The van der Waals surface area contributed by atoms with E-state index in [0.29, 0.717) is 0 Å². The Morgan fingerprint density at radius 2 is 2.30 bits per heavy atom. The summed E-state index contributed by atoms with van der Waals surface area (Å²) in [7, 11) is 0. The quantitative estimate of drug-likeness (QED) is 0.640. The summed E-state index contributed by atoms with van der Waals surface area (Å²) in [4.78, 5) is 14.4. The lowest BCUT2D eigenvalue weighted by Gasteiger charge is -2.36. The Kier molecular flexibility index (Phi) is 4.88. The molecule has 20 heavy (non-hydrogen) atoms. The van der Waals surface area contributed by atoms with E-state index in [1.165, 1.54) is 5.56 Å². The molecule has 1 amide bonds. The highest BCUT2D eigenvalue weighted by atomic mass is 16.2. The van der Waals surface area contributed by atoms with Crippen LogP contribution < -0.4 is 16.0 Å². The van der Waals surface area contributed by atoms with Gasteiger partial charge in [-0.3, -0.25) is 4.79 Å². The van der Waals surface area contributed by atoms with Crippen LogP contribution in [0.3, 0.4) is 0 Å². The zero-order valence-electron chi connectivity index (χ0n) is 12.5. The number of benzene rings is 1. The van der Waals surface area contributed by atoms with Gasteiger partial charge < -0.3 is 16.0 Å². The molecule has 0 spiro atoms. The lowest BCUT2D eigenvalue weighted by Crippen LogP contribution is -2.47. The van der Waals surface area contributed by atoms with Crippen molar-refractivity contribution in [3.63, 3.8) is 0 Å². The number of hydrogen-bond acceptors (Lipinski definition) is 3. The predicted molar refractivity (Wildman–Crippen MR) is 83.9 cm³/mol. The van der Waals surface area contributed by atoms with Crippen LogP contribution in [0.2, 0.25) is 0 Å². The second-order valence-electron chi connectivity index (χ2n) is 5.46. The molecule has 1 heterocycles. The van der Waals surface area contributed by atoms with E-state index in [1.807, 2.05) is 19.1 Å². The van der Waals surface area contributed by atoms with Gasteiger partial charge in [0.25, 0.3) is 0 Å². The highest BCUT2D eigenvalue weighted by Crippen LogP contribution is 2.32. The first-order valence-electron chi connectivity index (χ1n) is 7.57. The largest absolute Gasteiger partial charge is 0.398 e. The first-order valence-corrected chi connectivity index (χ1v) is 7.57. The number of unbranched alkanes of at least 4 members (excludes halogenated alkanes) is 1. The van der Waals surface area contributed by atoms with E-state index in [2.05, 4.69) is 23.2 Å². The van der Waals surface area contributed by atoms with Crippen LogP contribution in [-0.2, 0) is 11.2 Å². The topological polar surface area (TPSA) is 58.4 Å². The van der Waals surface area contributed by atoms with Crippen molar-refractivity contribution in [2.45, 2.75) is 45.6 Å². The molecule has 4 nitrogen and oxygen atoms in total. The molecule has 0 fully saturated rings. The second kappa shape index (κ2) is 6.64. The van der Waals surface area contributed by atoms with Crippen molar-refractivity contribution in [2.24, 2.45) is 0 Å². The van der Waals surface area contributed by atoms with Crippen molar-refractivity contribution in [1.29, 1.82) is 0 Å². The van der Waals surface area contributed by atoms with Crippen molar-refractivity contribution in [2.75, 3.05) is 23.7 Å². The molecule has 1 aromatic rings. The van der Waals surface area contributed by atoms with Gasteiger partial charge in [-0.15, -0.1) is 0 Å². The Hall–Kier alpha value is -1.71. The number of carbonyl (C=O) groups excluding carboxylic acids is 1. The Morgan fingerprint density at radius 3 is 3.05 bits per heavy atom. The standard InChI is InChI=1S/C16H25N3O/c1-3-4-10-18-16(20)12(2)19-11-6-7-13-14(17)8-5-9-15(13)19/h5,8-9,12H,3-4,6-7,10-11,17H2,1-2H3,(H,18,20). The molecule has 0 bridgehead atoms. The molecule has 2 rings (SSSR count). The third-order valence-electron chi connectivity index (χ3n) is 4.00. The first kappa shape index (κ1) is 14.7. The molecule has 1 atom stereocenters. The van der Waals surface area contributed by atoms with E-state index in [1.54, 1.807) is 0 Å². The molecule has 0 radical (unpaired) electrons. The van der Waals surface area contributed by atoms with Gasteiger partial charge in [-0.2, -0.15) is 0 Å². The fourth-order valence-corrected chi connectivity index (χ4v) is 2.76. The number of amides is 1. The third-order valence-corrected chi connectivity index (χ3v) is 4.00. The molecular formula is C16H25N3O. The lowest BCUT2D eigenvalue weighted by molar-refractivity contribution is -0.122. The van der Waals surface area contributed by atoms with E-state index >= 15 is 0 Å². The third kappa shape index (κ3) is 3.06. The van der Waals surface area contributed by atoms with Crippen LogP contribution >= 0.6 is 0 Å². The van der Waals surface area contributed by atoms with Gasteiger partial charge in [0.15, 0.2) is 0 Å². The van der Waals surface area contributed by atoms with E-state index in [0.717, 1.165) is 50.1 Å². The highest BCUT2D eigenvalue weighted by Gasteiger charge is 2.26. The van der Waals surface area contributed by atoms with Crippen molar-refractivity contribution in [3.05, 3.63) is 23.8 Å². The number of fused-ring (bicyclic) bond motifs is 1. The molecule has 0 aliphatic carbocycles. The van der Waals surface area contributed by atoms with Gasteiger partial charge in [0, 0.05) is 24.5 Å². The molecular weight excluding hydrogens is 250 g/mol. The summed E-state index contributed by atoms with van der Waals surface area (Å²) in [6, 6.07) is 5.83. The van der Waals surface area contributed by atoms with Crippen LogP contribution in [0.4, 0.5) is 11.4 Å². The van der Waals surface area contributed by atoms with Gasteiger partial charge in [-0.25, -0.2) is 0 Å². The maximum absolute atomic E-state index is 12.2. The number of carbonyl (C=O) groups is 1. The van der Waals surface area contributed by atoms with Gasteiger partial charge in [-0.05, 0) is 43.9 Å². The normalized spacial score (nSPS) is 15.6. The fourth-order valence-electron chi connectivity index (χ4n) is 2.76. The van der Waals surface area contributed by atoms with Gasteiger partial charge in [0.05, 0.1) is 0 Å². The molecule has 1 aromatic carbocycles. The summed E-state index contributed by atoms with van der Waals surface area (Å²) in [5.74, 6) is 0.105. The molecule has 0 saturated heterocycles. The number of nitrogens with zero attached hydrogens (tertiary/aromatic N) is 1. The molecule has 0 aromatic heterocycles. The summed E-state index contributed by atoms with van der Waals surface area (Å²) in [6.45, 7) is 5.77. The number of rotatable bonds is 5. The Labute approximate surface area is 121 Å². The molecule has 1 unspecified atom stereocenters. The summed E-state index contributed by atoms with van der Waals surface area (Å²) in [6.07, 6.45) is 4.18. The minimum absolute atomic E-state index is 0.105. The van der Waals surface area contributed by atoms with Crippen molar-refractivity contribution >= 4 is 17.3 Å². The first-order chi connectivity index (χ1) is 9.65. The van der Waals surface area contributed by atoms with Crippen LogP contribution in [0.5, 0.6) is 0 Å². The molecule has 110 valence electrons. The molecule has 4 heteroatoms. The highest BCUT2D eigenvalue weighted by molar-refractivity contribution is 5.85. The monoisotopic (exact) mass is 275 g/mol. The van der Waals surface area contributed by atoms with E-state index < -0.39 is 0 Å². The lowest BCUT2D eigenvalue weighted by atomic mass is 9.98. The summed E-state index contributed by atoms with van der Waals surface area (Å²) < 4.78 is 0. The number of hydrogen-bond donors (Lipinski definition) is 2. The average molecular weight is 275 g/mol. The Bertz CT molecular complexity index is 473. The SMILES string of the molecule is CCCCNC(=O)C(C)N1CCCc2c(N)cccc21. The van der Waals surface area contributed by atoms with Gasteiger partial charge in [0.1, 0.15) is 6.04 Å². The summed E-state index contributed by atoms with van der Waals surface area (Å²) in [5.41, 5.74) is 9.20. The van der Waals surface area contributed by atoms with Crippen molar-refractivity contribution < 1.29 is 4.79 Å². The average Bonchev–Trinajstić information content (AvgIpc) is 2.46. The Morgan fingerprint density at radius 1 is 1.50 bits per heavy atom.